The van der Waals surface area contributed by atoms with Crippen LogP contribution in [0.2, 0.25) is 0 Å². The van der Waals surface area contributed by atoms with Crippen LogP contribution in [0.5, 0.6) is 5.75 Å². The summed E-state index contributed by atoms with van der Waals surface area (Å²) in [4.78, 5) is 37.9. The third-order valence-corrected chi connectivity index (χ3v) is 7.17. The van der Waals surface area contributed by atoms with Crippen LogP contribution in [0.25, 0.3) is 28.7 Å². The minimum atomic E-state index is -0.684. The molecule has 208 valence electrons. The Morgan fingerprint density at radius 3 is 2.48 bits per heavy atom. The number of nitrogens with one attached hydrogen (secondary N) is 1. The molecular weight excluding hydrogens is 556 g/mol. The Balaban J connectivity index is 1.61. The first-order chi connectivity index (χ1) is 20.4. The maximum Gasteiger partial charge on any atom is 0.280 e. The molecule has 0 aliphatic carbocycles. The van der Waals surface area contributed by atoms with Crippen molar-refractivity contribution in [3.05, 3.63) is 126 Å². The average molecular weight is 579 g/mol. The second-order valence-corrected chi connectivity index (χ2v) is 9.80. The van der Waals surface area contributed by atoms with Gasteiger partial charge in [-0.15, -0.1) is 11.3 Å². The van der Waals surface area contributed by atoms with Gasteiger partial charge in [0.2, 0.25) is 0 Å². The quantitative estimate of drug-likeness (QED) is 0.209. The Kier molecular flexibility index (Phi) is 8.08. The zero-order chi connectivity index (χ0) is 29.6. The second-order valence-electron chi connectivity index (χ2n) is 8.77. The number of hydrogen-bond donors (Lipinski definition) is 1. The van der Waals surface area contributed by atoms with E-state index in [1.54, 1.807) is 84.9 Å². The minimum Gasteiger partial charge on any atom is -0.494 e. The van der Waals surface area contributed by atoms with Gasteiger partial charge in [-0.1, -0.05) is 30.3 Å². The van der Waals surface area contributed by atoms with Crippen LogP contribution in [-0.4, -0.2) is 22.0 Å². The average Bonchev–Trinajstić information content (AvgIpc) is 3.59. The van der Waals surface area contributed by atoms with Crippen LogP contribution in [0.4, 0.5) is 11.4 Å². The first-order valence-electron chi connectivity index (χ1n) is 12.7. The van der Waals surface area contributed by atoms with Crippen LogP contribution < -0.4 is 24.8 Å². The summed E-state index contributed by atoms with van der Waals surface area (Å²) >= 11 is 0.956. The maximum absolute atomic E-state index is 13.7. The lowest BCUT2D eigenvalue weighted by molar-refractivity contribution is -0.384. The van der Waals surface area contributed by atoms with Crippen LogP contribution in [-0.2, 0) is 4.79 Å². The van der Waals surface area contributed by atoms with Gasteiger partial charge in [0.1, 0.15) is 28.0 Å². The molecule has 0 radical (unpaired) electrons. The van der Waals surface area contributed by atoms with Crippen molar-refractivity contribution in [2.24, 2.45) is 0 Å². The molecular formula is C31H22N4O6S. The summed E-state index contributed by atoms with van der Waals surface area (Å²) in [5, 5.41) is 24.2. The van der Waals surface area contributed by atoms with Gasteiger partial charge in [0, 0.05) is 17.8 Å². The summed E-state index contributed by atoms with van der Waals surface area (Å²) in [5.74, 6) is 0.480. The van der Waals surface area contributed by atoms with Crippen molar-refractivity contribution in [1.29, 1.82) is 5.26 Å². The van der Waals surface area contributed by atoms with Crippen molar-refractivity contribution in [3.8, 4) is 28.8 Å². The largest absolute Gasteiger partial charge is 0.494 e. The van der Waals surface area contributed by atoms with Crippen molar-refractivity contribution in [2.75, 3.05) is 11.9 Å². The lowest BCUT2D eigenvalue weighted by Crippen LogP contribution is -2.32. The molecule has 3 aromatic carbocycles. The molecule has 0 bridgehead atoms. The fourth-order valence-corrected chi connectivity index (χ4v) is 5.28. The van der Waals surface area contributed by atoms with E-state index in [1.165, 1.54) is 16.7 Å². The number of nitro groups is 1. The molecule has 2 aromatic heterocycles. The highest BCUT2D eigenvalue weighted by Gasteiger charge is 2.19. The summed E-state index contributed by atoms with van der Waals surface area (Å²) in [6.45, 7) is 2.36. The molecule has 0 aliphatic rings. The number of nitro benzene ring substituents is 1. The molecule has 0 spiro atoms. The Morgan fingerprint density at radius 1 is 1.07 bits per heavy atom. The number of furan rings is 1. The van der Waals surface area contributed by atoms with Gasteiger partial charge in [-0.25, -0.2) is 0 Å². The Morgan fingerprint density at radius 2 is 1.79 bits per heavy atom. The summed E-state index contributed by atoms with van der Waals surface area (Å²) in [6, 6.07) is 26.7. The highest BCUT2D eigenvalue weighted by Crippen LogP contribution is 2.31. The molecule has 0 saturated heterocycles. The molecule has 2 heterocycles. The predicted molar refractivity (Wildman–Crippen MR) is 159 cm³/mol. The van der Waals surface area contributed by atoms with Crippen molar-refractivity contribution in [1.82, 2.24) is 4.57 Å². The summed E-state index contributed by atoms with van der Waals surface area (Å²) in [7, 11) is 0. The van der Waals surface area contributed by atoms with E-state index < -0.39 is 16.4 Å². The fourth-order valence-electron chi connectivity index (χ4n) is 4.20. The van der Waals surface area contributed by atoms with Crippen molar-refractivity contribution >= 4 is 40.3 Å². The zero-order valence-electron chi connectivity index (χ0n) is 22.1. The standard InChI is InChI=1S/C31H22N4O6S/c1-2-40-22-14-12-20(13-15-22)33-29(36)25(19-32)31-34(21-8-4-3-5-9-21)30(37)28(42-31)18-23-16-17-27(41-23)24-10-6-7-11-26(24)35(38)39/h3-18H,2H2,1H3,(H,33,36). The lowest BCUT2D eigenvalue weighted by atomic mass is 10.1. The van der Waals surface area contributed by atoms with E-state index in [-0.39, 0.29) is 32.0 Å². The molecule has 11 heteroatoms. The number of anilines is 1. The third kappa shape index (κ3) is 5.74. The van der Waals surface area contributed by atoms with Crippen LogP contribution >= 0.6 is 11.3 Å². The van der Waals surface area contributed by atoms with Crippen LogP contribution in [0, 0.1) is 21.4 Å². The lowest BCUT2D eigenvalue weighted by Gasteiger charge is -2.07. The molecule has 0 atom stereocenters. The Bertz CT molecular complexity index is 2000. The molecule has 0 unspecified atom stereocenters. The van der Waals surface area contributed by atoms with Gasteiger partial charge in [0.15, 0.2) is 5.57 Å². The maximum atomic E-state index is 13.7. The molecule has 5 rings (SSSR count). The van der Waals surface area contributed by atoms with Crippen LogP contribution in [0.15, 0.2) is 100 Å². The SMILES string of the molecule is CCOc1ccc(NC(=O)C(C#N)=c2sc(=Cc3ccc(-c4ccccc4[N+](=O)[O-])o3)c(=O)n2-c2ccccc2)cc1. The Labute approximate surface area is 242 Å². The number of thiazole rings is 1. The summed E-state index contributed by atoms with van der Waals surface area (Å²) < 4.78 is 12.9. The molecule has 0 aliphatic heterocycles. The number of para-hydroxylation sites is 2. The first kappa shape index (κ1) is 27.8. The third-order valence-electron chi connectivity index (χ3n) is 6.08. The Hall–Kier alpha value is -5.73. The highest BCUT2D eigenvalue weighted by molar-refractivity contribution is 7.07. The van der Waals surface area contributed by atoms with E-state index in [0.717, 1.165) is 11.3 Å². The number of carbonyl (C=O) groups is 1. The number of ether oxygens (including phenoxy) is 1. The van der Waals surface area contributed by atoms with E-state index in [1.807, 2.05) is 13.0 Å². The van der Waals surface area contributed by atoms with Crippen LogP contribution in [0.1, 0.15) is 12.7 Å². The second kappa shape index (κ2) is 12.2. The number of nitriles is 1. The number of aromatic nitrogens is 1. The van der Waals surface area contributed by atoms with E-state index in [0.29, 0.717) is 29.3 Å². The normalized spacial score (nSPS) is 12.0. The number of nitrogens with zero attached hydrogens (tertiary/aromatic N) is 3. The fraction of sp³-hybridized carbons (Fsp3) is 0.0645. The topological polar surface area (TPSA) is 140 Å². The van der Waals surface area contributed by atoms with Gasteiger partial charge < -0.3 is 14.5 Å². The number of rotatable bonds is 8. The molecule has 0 saturated carbocycles. The summed E-state index contributed by atoms with van der Waals surface area (Å²) in [6.07, 6.45) is 1.48. The number of amides is 1. The van der Waals surface area contributed by atoms with E-state index in [4.69, 9.17) is 9.15 Å². The van der Waals surface area contributed by atoms with Crippen molar-refractivity contribution in [2.45, 2.75) is 6.92 Å². The molecule has 5 aromatic rings. The van der Waals surface area contributed by atoms with Gasteiger partial charge >= 0.3 is 0 Å². The van der Waals surface area contributed by atoms with E-state index in [2.05, 4.69) is 5.32 Å². The number of hydrogen-bond acceptors (Lipinski definition) is 8. The van der Waals surface area contributed by atoms with Crippen molar-refractivity contribution < 1.29 is 18.9 Å². The highest BCUT2D eigenvalue weighted by atomic mass is 32.1. The number of benzene rings is 3. The van der Waals surface area contributed by atoms with Gasteiger partial charge in [0.25, 0.3) is 17.2 Å². The predicted octanol–water partition coefficient (Wildman–Crippen LogP) is 4.61. The zero-order valence-corrected chi connectivity index (χ0v) is 23.0. The van der Waals surface area contributed by atoms with Crippen molar-refractivity contribution in [3.63, 3.8) is 0 Å². The molecule has 0 fully saturated rings. The molecule has 1 amide bonds. The summed E-state index contributed by atoms with van der Waals surface area (Å²) in [5.41, 5.74) is 0.374. The van der Waals surface area contributed by atoms with Crippen LogP contribution in [0.3, 0.4) is 0 Å². The van der Waals surface area contributed by atoms with Gasteiger partial charge in [-0.05, 0) is 61.5 Å². The van der Waals surface area contributed by atoms with Gasteiger partial charge in [-0.3, -0.25) is 24.3 Å². The smallest absolute Gasteiger partial charge is 0.280 e. The van der Waals surface area contributed by atoms with E-state index in [9.17, 15) is 25.0 Å². The first-order valence-corrected chi connectivity index (χ1v) is 13.5. The van der Waals surface area contributed by atoms with Gasteiger partial charge in [-0.2, -0.15) is 5.26 Å². The molecule has 42 heavy (non-hydrogen) atoms. The van der Waals surface area contributed by atoms with Gasteiger partial charge in [0.05, 0.1) is 27.3 Å². The number of carbonyl (C=O) groups excluding carboxylic acids is 1. The minimum absolute atomic E-state index is 0.116. The molecule has 10 nitrogen and oxygen atoms in total. The molecule has 1 N–H and O–H groups in total. The monoisotopic (exact) mass is 578 g/mol. The van der Waals surface area contributed by atoms with E-state index >= 15 is 0 Å².